The van der Waals surface area contributed by atoms with E-state index in [1.807, 2.05) is 81.8 Å². The van der Waals surface area contributed by atoms with Gasteiger partial charge in [0.15, 0.2) is 6.10 Å². The highest BCUT2D eigenvalue weighted by atomic mass is 31.2. The molecule has 0 aliphatic rings. The summed E-state index contributed by atoms with van der Waals surface area (Å²) in [5.74, 6) is -0.289. The monoisotopic (exact) mass is 635 g/mol. The number of ether oxygens (including phenoxy) is 3. The number of unbranched alkanes of at least 4 members (excludes halogenated alkanes) is 6. The number of phosphoric ester groups is 1. The number of quaternary nitrogens is 1. The Balaban J connectivity index is 1.79. The molecule has 9 nitrogen and oxygen atoms in total. The van der Waals surface area contributed by atoms with E-state index in [0.717, 1.165) is 24.0 Å². The Morgan fingerprint density at radius 1 is 0.773 bits per heavy atom. The summed E-state index contributed by atoms with van der Waals surface area (Å²) >= 11 is 0. The number of carbonyl (C=O) groups is 1. The Bertz CT molecular complexity index is 1020. The third kappa shape index (κ3) is 18.0. The molecule has 2 aromatic carbocycles. The molecule has 0 amide bonds. The van der Waals surface area contributed by atoms with Crippen molar-refractivity contribution >= 4 is 13.8 Å². The number of carbonyl (C=O) groups excluding carboxylic acids is 1. The van der Waals surface area contributed by atoms with Crippen LogP contribution < -0.4 is 4.89 Å². The smallest absolute Gasteiger partial charge is 0.306 e. The van der Waals surface area contributed by atoms with Crippen LogP contribution in [0.15, 0.2) is 60.7 Å². The molecule has 2 atom stereocenters. The summed E-state index contributed by atoms with van der Waals surface area (Å²) in [4.78, 5) is 25.1. The van der Waals surface area contributed by atoms with Crippen molar-refractivity contribution in [2.24, 2.45) is 0 Å². The molecule has 0 radical (unpaired) electrons. The Kier molecular flexibility index (Phi) is 18.7. The van der Waals surface area contributed by atoms with E-state index in [0.29, 0.717) is 37.1 Å². The zero-order valence-electron chi connectivity index (χ0n) is 27.2. The molecule has 0 fully saturated rings. The maximum absolute atomic E-state index is 12.8. The molecule has 0 saturated carbocycles. The maximum Gasteiger partial charge on any atom is 0.306 e. The molecular weight excluding hydrogens is 581 g/mol. The van der Waals surface area contributed by atoms with Crippen LogP contribution in [-0.2, 0) is 32.6 Å². The van der Waals surface area contributed by atoms with Crippen LogP contribution in [0.5, 0.6) is 0 Å². The molecule has 44 heavy (non-hydrogen) atoms. The molecule has 0 heterocycles. The van der Waals surface area contributed by atoms with E-state index in [1.165, 1.54) is 25.7 Å². The number of hydrogen-bond acceptors (Lipinski definition) is 8. The first-order valence-electron chi connectivity index (χ1n) is 16.0. The fourth-order valence-electron chi connectivity index (χ4n) is 4.38. The molecule has 0 aliphatic heterocycles. The highest BCUT2D eigenvalue weighted by Crippen LogP contribution is 2.38. The summed E-state index contributed by atoms with van der Waals surface area (Å²) in [5.41, 5.74) is 1.83. The highest BCUT2D eigenvalue weighted by Gasteiger charge is 2.20. The number of esters is 1. The molecule has 248 valence electrons. The van der Waals surface area contributed by atoms with Crippen LogP contribution in [0.3, 0.4) is 0 Å². The van der Waals surface area contributed by atoms with Gasteiger partial charge in [0.2, 0.25) is 0 Å². The van der Waals surface area contributed by atoms with Crippen molar-refractivity contribution in [2.75, 3.05) is 60.7 Å². The molecule has 0 aliphatic carbocycles. The summed E-state index contributed by atoms with van der Waals surface area (Å²) in [6.45, 7) is 3.68. The first-order chi connectivity index (χ1) is 21.1. The lowest BCUT2D eigenvalue weighted by Gasteiger charge is -2.28. The standard InChI is InChI=1S/C34H54NO8P/c1-5-6-7-8-9-17-25-39-28-32(29-42-44(37,38)41-27-24-35(2,3)4)40-26-18-16-23-33(36)43-34(30-19-12-10-13-20-30)31-21-14-11-15-22-31/h10-15,19-22,32,34H,5-9,16-18,23-29H2,1-4H3/t32-/m1/s1. The summed E-state index contributed by atoms with van der Waals surface area (Å²) in [6.07, 6.45) is 7.27. The molecule has 0 bridgehead atoms. The topological polar surface area (TPSA) is 103 Å². The van der Waals surface area contributed by atoms with Crippen LogP contribution in [0.2, 0.25) is 0 Å². The second kappa shape index (κ2) is 21.6. The molecule has 2 aromatic rings. The molecule has 0 saturated heterocycles. The van der Waals surface area contributed by atoms with Crippen LogP contribution >= 0.6 is 7.82 Å². The van der Waals surface area contributed by atoms with E-state index in [2.05, 4.69) is 6.92 Å². The fraction of sp³-hybridized carbons (Fsp3) is 0.618. The predicted molar refractivity (Wildman–Crippen MR) is 171 cm³/mol. The number of likely N-dealkylation sites (N-methyl/N-ethyl adjacent to an activating group) is 1. The molecule has 2 rings (SSSR count). The number of rotatable bonds is 25. The lowest BCUT2D eigenvalue weighted by atomic mass is 10.0. The Morgan fingerprint density at radius 2 is 1.36 bits per heavy atom. The van der Waals surface area contributed by atoms with Gasteiger partial charge in [0.25, 0.3) is 7.82 Å². The van der Waals surface area contributed by atoms with E-state index in [9.17, 15) is 14.3 Å². The summed E-state index contributed by atoms with van der Waals surface area (Å²) < 4.78 is 40.7. The zero-order chi connectivity index (χ0) is 32.1. The lowest BCUT2D eigenvalue weighted by Crippen LogP contribution is -2.37. The average Bonchev–Trinajstić information content (AvgIpc) is 2.99. The normalized spacial score (nSPS) is 14.0. The van der Waals surface area contributed by atoms with Crippen LogP contribution in [-0.4, -0.2) is 77.3 Å². The number of phosphoric acid groups is 1. The number of benzene rings is 2. The van der Waals surface area contributed by atoms with Gasteiger partial charge in [0, 0.05) is 19.6 Å². The third-order valence-electron chi connectivity index (χ3n) is 6.96. The summed E-state index contributed by atoms with van der Waals surface area (Å²) in [6, 6.07) is 19.4. The van der Waals surface area contributed by atoms with E-state index >= 15 is 0 Å². The fourth-order valence-corrected chi connectivity index (χ4v) is 5.11. The van der Waals surface area contributed by atoms with Gasteiger partial charge in [-0.25, -0.2) is 0 Å². The van der Waals surface area contributed by atoms with Crippen molar-refractivity contribution in [3.05, 3.63) is 71.8 Å². The van der Waals surface area contributed by atoms with Crippen LogP contribution in [0.4, 0.5) is 0 Å². The van der Waals surface area contributed by atoms with Crippen molar-refractivity contribution < 1.29 is 42.0 Å². The van der Waals surface area contributed by atoms with Gasteiger partial charge in [-0.1, -0.05) is 99.7 Å². The zero-order valence-corrected chi connectivity index (χ0v) is 28.1. The van der Waals surface area contributed by atoms with Gasteiger partial charge in [0.1, 0.15) is 19.3 Å². The van der Waals surface area contributed by atoms with Crippen molar-refractivity contribution in [1.29, 1.82) is 0 Å². The average molecular weight is 636 g/mol. The van der Waals surface area contributed by atoms with E-state index in [1.54, 1.807) is 0 Å². The van der Waals surface area contributed by atoms with E-state index < -0.39 is 20.0 Å². The van der Waals surface area contributed by atoms with Gasteiger partial charge < -0.3 is 32.6 Å². The van der Waals surface area contributed by atoms with Gasteiger partial charge in [-0.2, -0.15) is 0 Å². The second-order valence-electron chi connectivity index (χ2n) is 12.1. The first-order valence-corrected chi connectivity index (χ1v) is 17.4. The predicted octanol–water partition coefficient (Wildman–Crippen LogP) is 6.46. The summed E-state index contributed by atoms with van der Waals surface area (Å²) in [7, 11) is 1.39. The summed E-state index contributed by atoms with van der Waals surface area (Å²) in [5, 5.41) is 0. The number of hydrogen-bond donors (Lipinski definition) is 0. The van der Waals surface area contributed by atoms with Gasteiger partial charge >= 0.3 is 5.97 Å². The molecule has 10 heteroatoms. The van der Waals surface area contributed by atoms with Crippen molar-refractivity contribution in [1.82, 2.24) is 0 Å². The SMILES string of the molecule is CCCCCCCCOC[C@H](COP(=O)([O-])OCC[N+](C)(C)C)OCCCCC(=O)OC(c1ccccc1)c1ccccc1. The minimum absolute atomic E-state index is 0.0375. The largest absolute Gasteiger partial charge is 0.756 e. The maximum atomic E-state index is 12.8. The van der Waals surface area contributed by atoms with Crippen molar-refractivity contribution in [2.45, 2.75) is 76.9 Å². The second-order valence-corrected chi connectivity index (χ2v) is 13.5. The van der Waals surface area contributed by atoms with Gasteiger partial charge in [-0.05, 0) is 30.4 Å². The Labute approximate surface area is 265 Å². The van der Waals surface area contributed by atoms with Gasteiger partial charge in [-0.15, -0.1) is 0 Å². The third-order valence-corrected chi connectivity index (χ3v) is 7.92. The number of nitrogens with zero attached hydrogens (tertiary/aromatic N) is 1. The van der Waals surface area contributed by atoms with Crippen LogP contribution in [0, 0.1) is 0 Å². The quantitative estimate of drug-likeness (QED) is 0.0530. The van der Waals surface area contributed by atoms with Crippen LogP contribution in [0.1, 0.15) is 81.9 Å². The van der Waals surface area contributed by atoms with Crippen LogP contribution in [0.25, 0.3) is 0 Å². The molecule has 0 spiro atoms. The Morgan fingerprint density at radius 3 is 1.98 bits per heavy atom. The van der Waals surface area contributed by atoms with Gasteiger partial charge in [0.05, 0.1) is 34.4 Å². The van der Waals surface area contributed by atoms with E-state index in [4.69, 9.17) is 23.3 Å². The molecular formula is C34H54NO8P. The van der Waals surface area contributed by atoms with Crippen molar-refractivity contribution in [3.8, 4) is 0 Å². The lowest BCUT2D eigenvalue weighted by molar-refractivity contribution is -0.870. The molecule has 0 aromatic heterocycles. The van der Waals surface area contributed by atoms with Gasteiger partial charge in [-0.3, -0.25) is 9.36 Å². The molecule has 1 unspecified atom stereocenters. The highest BCUT2D eigenvalue weighted by molar-refractivity contribution is 7.45. The minimum Gasteiger partial charge on any atom is -0.756 e. The first kappa shape index (κ1) is 38.1. The molecule has 0 N–H and O–H groups in total. The Hall–Kier alpha value is -2.10. The minimum atomic E-state index is -4.47. The van der Waals surface area contributed by atoms with E-state index in [-0.39, 0.29) is 32.2 Å². The van der Waals surface area contributed by atoms with Crippen molar-refractivity contribution in [3.63, 3.8) is 0 Å².